The topological polar surface area (TPSA) is 73.8 Å². The molecule has 19 heavy (non-hydrogen) atoms. The Balaban J connectivity index is 1.99. The van der Waals surface area contributed by atoms with Crippen LogP contribution >= 0.6 is 11.8 Å². The van der Waals surface area contributed by atoms with Crippen LogP contribution < -0.4 is 5.32 Å². The Bertz CT molecular complexity index is 504. The van der Waals surface area contributed by atoms with Crippen molar-refractivity contribution >= 4 is 17.4 Å². The number of aromatic nitrogens is 3. The van der Waals surface area contributed by atoms with Crippen LogP contribution in [0.15, 0.2) is 40.6 Å². The summed E-state index contributed by atoms with van der Waals surface area (Å²) in [6.45, 7) is 5.54. The highest BCUT2D eigenvalue weighted by Gasteiger charge is 2.21. The maximum Gasteiger partial charge on any atom is 0.188 e. The number of nitrogens with one attached hydrogen (secondary N) is 2. The van der Waals surface area contributed by atoms with Crippen molar-refractivity contribution in [3.05, 3.63) is 30.6 Å². The zero-order valence-corrected chi connectivity index (χ0v) is 12.0. The average molecular weight is 278 g/mol. The van der Waals surface area contributed by atoms with Crippen LogP contribution in [0.2, 0.25) is 0 Å². The number of aromatic amines is 1. The van der Waals surface area contributed by atoms with Gasteiger partial charge in [0.15, 0.2) is 5.16 Å². The molecule has 0 bridgehead atoms. The highest BCUT2D eigenvalue weighted by Crippen LogP contribution is 2.25. The third kappa shape index (κ3) is 3.97. The molecule has 0 fully saturated rings. The minimum absolute atomic E-state index is 0.0275. The summed E-state index contributed by atoms with van der Waals surface area (Å²) in [5.74, 6) is 0. The van der Waals surface area contributed by atoms with Gasteiger partial charge in [-0.3, -0.25) is 5.10 Å². The van der Waals surface area contributed by atoms with Crippen LogP contribution in [-0.4, -0.2) is 31.9 Å². The first-order valence-corrected chi connectivity index (χ1v) is 6.89. The van der Waals surface area contributed by atoms with Gasteiger partial charge in [0, 0.05) is 10.6 Å². The number of rotatable bonds is 5. The molecule has 0 spiro atoms. The van der Waals surface area contributed by atoms with Gasteiger partial charge in [0.1, 0.15) is 6.33 Å². The second-order valence-electron chi connectivity index (χ2n) is 4.94. The first-order valence-electron chi connectivity index (χ1n) is 6.07. The van der Waals surface area contributed by atoms with E-state index in [-0.39, 0.29) is 6.04 Å². The summed E-state index contributed by atoms with van der Waals surface area (Å²) in [7, 11) is 0. The van der Waals surface area contributed by atoms with E-state index in [0.29, 0.717) is 0 Å². The van der Waals surface area contributed by atoms with E-state index >= 15 is 0 Å². The number of H-pyrrole nitrogens is 1. The van der Waals surface area contributed by atoms with Crippen molar-refractivity contribution in [2.45, 2.75) is 42.5 Å². The van der Waals surface area contributed by atoms with Gasteiger partial charge in [-0.05, 0) is 45.0 Å². The van der Waals surface area contributed by atoms with E-state index in [1.165, 1.54) is 18.1 Å². The Morgan fingerprint density at radius 1 is 1.32 bits per heavy atom. The number of nitrogens with zero attached hydrogens (tertiary/aromatic N) is 2. The van der Waals surface area contributed by atoms with Gasteiger partial charge >= 0.3 is 0 Å². The van der Waals surface area contributed by atoms with Gasteiger partial charge in [0.25, 0.3) is 0 Å². The molecule has 0 radical (unpaired) electrons. The Morgan fingerprint density at radius 2 is 2.00 bits per heavy atom. The van der Waals surface area contributed by atoms with Crippen LogP contribution in [0, 0.1) is 0 Å². The van der Waals surface area contributed by atoms with Crippen molar-refractivity contribution in [2.75, 3.05) is 5.32 Å². The number of anilines is 1. The van der Waals surface area contributed by atoms with Crippen LogP contribution in [0.4, 0.5) is 5.69 Å². The molecule has 5 nitrogen and oxygen atoms in total. The molecule has 1 aromatic carbocycles. The molecule has 1 unspecified atom stereocenters. The summed E-state index contributed by atoms with van der Waals surface area (Å²) >= 11 is 1.52. The standard InChI is InChI=1S/C13H18N4OS/c1-9(13(2,3)18)16-10-4-6-11(7-5-10)19-12-14-8-15-17-12/h4-9,16,18H,1-3H3,(H,14,15,17). The van der Waals surface area contributed by atoms with Gasteiger partial charge in [-0.1, -0.05) is 11.8 Å². The lowest BCUT2D eigenvalue weighted by Gasteiger charge is -2.27. The van der Waals surface area contributed by atoms with E-state index in [9.17, 15) is 5.11 Å². The van der Waals surface area contributed by atoms with Crippen molar-refractivity contribution in [3.63, 3.8) is 0 Å². The zero-order chi connectivity index (χ0) is 13.9. The number of hydrogen-bond acceptors (Lipinski definition) is 5. The summed E-state index contributed by atoms with van der Waals surface area (Å²) in [6, 6.07) is 7.96. The lowest BCUT2D eigenvalue weighted by Crippen LogP contribution is -2.39. The van der Waals surface area contributed by atoms with Crippen molar-refractivity contribution in [3.8, 4) is 0 Å². The summed E-state index contributed by atoms with van der Waals surface area (Å²) < 4.78 is 0. The largest absolute Gasteiger partial charge is 0.388 e. The van der Waals surface area contributed by atoms with Crippen molar-refractivity contribution in [1.29, 1.82) is 0 Å². The lowest BCUT2D eigenvalue weighted by molar-refractivity contribution is 0.0649. The molecular formula is C13H18N4OS. The molecule has 2 aromatic rings. The first-order chi connectivity index (χ1) is 8.95. The van der Waals surface area contributed by atoms with Crippen molar-refractivity contribution < 1.29 is 5.11 Å². The van der Waals surface area contributed by atoms with Crippen LogP contribution in [0.25, 0.3) is 0 Å². The highest BCUT2D eigenvalue weighted by atomic mass is 32.2. The normalized spacial score (nSPS) is 13.3. The molecule has 1 aromatic heterocycles. The van der Waals surface area contributed by atoms with Gasteiger partial charge in [0.05, 0.1) is 11.6 Å². The minimum atomic E-state index is -0.757. The molecule has 6 heteroatoms. The molecule has 0 aliphatic rings. The zero-order valence-electron chi connectivity index (χ0n) is 11.2. The molecule has 102 valence electrons. The number of aliphatic hydroxyl groups is 1. The fourth-order valence-corrected chi connectivity index (χ4v) is 2.09. The molecule has 0 saturated heterocycles. The minimum Gasteiger partial charge on any atom is -0.388 e. The molecule has 3 N–H and O–H groups in total. The molecule has 2 rings (SSSR count). The van der Waals surface area contributed by atoms with Crippen molar-refractivity contribution in [2.24, 2.45) is 0 Å². The molecule has 0 amide bonds. The summed E-state index contributed by atoms with van der Waals surface area (Å²) in [6.07, 6.45) is 1.49. The van der Waals surface area contributed by atoms with Crippen LogP contribution in [-0.2, 0) is 0 Å². The number of hydrogen-bond donors (Lipinski definition) is 3. The molecule has 1 heterocycles. The SMILES string of the molecule is CC(Nc1ccc(Sc2ncn[nH]2)cc1)C(C)(C)O. The fraction of sp³-hybridized carbons (Fsp3) is 0.385. The predicted octanol–water partition coefficient (Wildman–Crippen LogP) is 2.53. The molecular weight excluding hydrogens is 260 g/mol. The third-order valence-electron chi connectivity index (χ3n) is 2.90. The van der Waals surface area contributed by atoms with E-state index in [4.69, 9.17) is 0 Å². The fourth-order valence-electron chi connectivity index (χ4n) is 1.40. The van der Waals surface area contributed by atoms with E-state index in [1.807, 2.05) is 31.2 Å². The average Bonchev–Trinajstić information content (AvgIpc) is 2.83. The molecule has 0 aliphatic heterocycles. The Morgan fingerprint density at radius 3 is 2.53 bits per heavy atom. The Kier molecular flexibility index (Phi) is 4.11. The quantitative estimate of drug-likeness (QED) is 0.783. The highest BCUT2D eigenvalue weighted by molar-refractivity contribution is 7.99. The maximum absolute atomic E-state index is 9.89. The summed E-state index contributed by atoms with van der Waals surface area (Å²) in [5, 5.41) is 20.5. The van der Waals surface area contributed by atoms with Gasteiger partial charge in [-0.2, -0.15) is 5.10 Å². The van der Waals surface area contributed by atoms with Gasteiger partial charge in [-0.25, -0.2) is 4.98 Å². The molecule has 1 atom stereocenters. The summed E-state index contributed by atoms with van der Waals surface area (Å²) in [4.78, 5) is 5.14. The lowest BCUT2D eigenvalue weighted by atomic mass is 10.0. The van der Waals surface area contributed by atoms with E-state index in [2.05, 4.69) is 20.5 Å². The Hall–Kier alpha value is -1.53. The Labute approximate surface area is 116 Å². The summed E-state index contributed by atoms with van der Waals surface area (Å²) in [5.41, 5.74) is 0.226. The first kappa shape index (κ1) is 13.9. The number of benzene rings is 1. The van der Waals surface area contributed by atoms with Gasteiger partial charge in [0.2, 0.25) is 0 Å². The van der Waals surface area contributed by atoms with Crippen LogP contribution in [0.5, 0.6) is 0 Å². The van der Waals surface area contributed by atoms with Crippen molar-refractivity contribution in [1.82, 2.24) is 15.2 Å². The van der Waals surface area contributed by atoms with Gasteiger partial charge in [-0.15, -0.1) is 0 Å². The van der Waals surface area contributed by atoms with Crippen LogP contribution in [0.1, 0.15) is 20.8 Å². The molecule has 0 saturated carbocycles. The monoisotopic (exact) mass is 278 g/mol. The second kappa shape index (κ2) is 5.63. The third-order valence-corrected chi connectivity index (χ3v) is 3.80. The van der Waals surface area contributed by atoms with E-state index < -0.39 is 5.60 Å². The maximum atomic E-state index is 9.89. The predicted molar refractivity (Wildman–Crippen MR) is 76.3 cm³/mol. The van der Waals surface area contributed by atoms with Crippen LogP contribution in [0.3, 0.4) is 0 Å². The van der Waals surface area contributed by atoms with Gasteiger partial charge < -0.3 is 10.4 Å². The smallest absolute Gasteiger partial charge is 0.188 e. The van der Waals surface area contributed by atoms with E-state index in [0.717, 1.165) is 15.7 Å². The molecule has 0 aliphatic carbocycles. The van der Waals surface area contributed by atoms with E-state index in [1.54, 1.807) is 13.8 Å². The second-order valence-corrected chi connectivity index (χ2v) is 6.00.